The molecular weight excluding hydrogens is 246 g/mol. The average Bonchev–Trinajstić information content (AvgIpc) is 2.92. The Morgan fingerprint density at radius 2 is 1.70 bits per heavy atom. The van der Waals surface area contributed by atoms with Crippen LogP contribution in [0.25, 0.3) is 11.0 Å². The van der Waals surface area contributed by atoms with Gasteiger partial charge < -0.3 is 10.2 Å². The van der Waals surface area contributed by atoms with Crippen molar-refractivity contribution in [2.45, 2.75) is 25.8 Å². The average molecular weight is 265 g/mol. The summed E-state index contributed by atoms with van der Waals surface area (Å²) in [5.74, 6) is 0.853. The molecule has 0 bridgehead atoms. The fourth-order valence-electron chi connectivity index (χ4n) is 2.45. The second kappa shape index (κ2) is 5.51. The van der Waals surface area contributed by atoms with Crippen LogP contribution < -0.4 is 5.73 Å². The molecule has 0 amide bonds. The Morgan fingerprint density at radius 1 is 1.00 bits per heavy atom. The lowest BCUT2D eigenvalue weighted by Gasteiger charge is -2.09. The molecule has 3 rings (SSSR count). The van der Waals surface area contributed by atoms with E-state index in [2.05, 4.69) is 31.2 Å². The molecule has 1 aromatic heterocycles. The summed E-state index contributed by atoms with van der Waals surface area (Å²) in [6.07, 6.45) is 1.86. The first-order valence-corrected chi connectivity index (χ1v) is 7.08. The summed E-state index contributed by atoms with van der Waals surface area (Å²) < 4.78 is 5.82. The molecule has 2 aromatic carbocycles. The van der Waals surface area contributed by atoms with Crippen LogP contribution in [0.2, 0.25) is 0 Å². The summed E-state index contributed by atoms with van der Waals surface area (Å²) in [4.78, 5) is 0. The van der Waals surface area contributed by atoms with Crippen molar-refractivity contribution in [1.29, 1.82) is 0 Å². The molecule has 0 aliphatic heterocycles. The maximum Gasteiger partial charge on any atom is 0.134 e. The number of aryl methyl sites for hydroxylation is 1. The predicted octanol–water partition coefficient (Wildman–Crippen LogP) is 4.24. The highest BCUT2D eigenvalue weighted by Crippen LogP contribution is 2.24. The largest absolute Gasteiger partial charge is 0.459 e. The number of furan rings is 1. The molecule has 0 saturated heterocycles. The van der Waals surface area contributed by atoms with Gasteiger partial charge in [-0.2, -0.15) is 0 Å². The van der Waals surface area contributed by atoms with E-state index < -0.39 is 0 Å². The van der Waals surface area contributed by atoms with Crippen molar-refractivity contribution in [2.24, 2.45) is 5.73 Å². The van der Waals surface area contributed by atoms with Gasteiger partial charge in [-0.1, -0.05) is 49.4 Å². The third-order valence-electron chi connectivity index (χ3n) is 3.70. The summed E-state index contributed by atoms with van der Waals surface area (Å²) in [5, 5.41) is 1.11. The summed E-state index contributed by atoms with van der Waals surface area (Å²) in [6, 6.07) is 18.6. The molecule has 2 heteroatoms. The molecule has 3 aromatic rings. The second-order valence-electron chi connectivity index (χ2n) is 5.17. The molecule has 2 N–H and O–H groups in total. The zero-order valence-corrected chi connectivity index (χ0v) is 11.7. The molecule has 20 heavy (non-hydrogen) atoms. The van der Waals surface area contributed by atoms with Gasteiger partial charge in [0.05, 0.1) is 6.04 Å². The summed E-state index contributed by atoms with van der Waals surface area (Å²) in [5.41, 5.74) is 9.77. The Bertz CT molecular complexity index is 664. The van der Waals surface area contributed by atoms with Gasteiger partial charge in [0.2, 0.25) is 0 Å². The Kier molecular flexibility index (Phi) is 3.57. The predicted molar refractivity (Wildman–Crippen MR) is 82.7 cm³/mol. The van der Waals surface area contributed by atoms with Gasteiger partial charge in [-0.3, -0.25) is 0 Å². The monoisotopic (exact) mass is 265 g/mol. The number of rotatable bonds is 4. The van der Waals surface area contributed by atoms with E-state index in [4.69, 9.17) is 10.2 Å². The minimum absolute atomic E-state index is 0.102. The SMILES string of the molecule is CCc1ccc(CC(N)c2cc3ccccc3o2)cc1. The highest BCUT2D eigenvalue weighted by atomic mass is 16.3. The van der Waals surface area contributed by atoms with Crippen LogP contribution in [0.4, 0.5) is 0 Å². The van der Waals surface area contributed by atoms with Crippen molar-refractivity contribution in [3.05, 3.63) is 71.5 Å². The van der Waals surface area contributed by atoms with Crippen molar-refractivity contribution in [3.8, 4) is 0 Å². The van der Waals surface area contributed by atoms with Crippen LogP contribution in [-0.4, -0.2) is 0 Å². The Labute approximate surface area is 119 Å². The van der Waals surface area contributed by atoms with Crippen LogP contribution in [0.15, 0.2) is 59.0 Å². The third kappa shape index (κ3) is 2.61. The molecule has 1 heterocycles. The molecule has 0 aliphatic carbocycles. The van der Waals surface area contributed by atoms with Crippen molar-refractivity contribution in [2.75, 3.05) is 0 Å². The van der Waals surface area contributed by atoms with Crippen LogP contribution in [0.3, 0.4) is 0 Å². The zero-order valence-electron chi connectivity index (χ0n) is 11.7. The third-order valence-corrected chi connectivity index (χ3v) is 3.70. The van der Waals surface area contributed by atoms with Gasteiger partial charge in [0.15, 0.2) is 0 Å². The van der Waals surface area contributed by atoms with Crippen molar-refractivity contribution in [1.82, 2.24) is 0 Å². The normalized spacial score (nSPS) is 12.7. The fraction of sp³-hybridized carbons (Fsp3) is 0.222. The number of hydrogen-bond donors (Lipinski definition) is 1. The maximum absolute atomic E-state index is 6.27. The van der Waals surface area contributed by atoms with Crippen molar-refractivity contribution < 1.29 is 4.42 Å². The standard InChI is InChI=1S/C18H19NO/c1-2-13-7-9-14(10-8-13)11-16(19)18-12-15-5-3-4-6-17(15)20-18/h3-10,12,16H,2,11,19H2,1H3. The molecule has 0 radical (unpaired) electrons. The highest BCUT2D eigenvalue weighted by Gasteiger charge is 2.12. The molecule has 1 atom stereocenters. The molecule has 0 spiro atoms. The van der Waals surface area contributed by atoms with Gasteiger partial charge >= 0.3 is 0 Å². The second-order valence-corrected chi connectivity index (χ2v) is 5.17. The first-order valence-electron chi connectivity index (χ1n) is 7.08. The number of hydrogen-bond acceptors (Lipinski definition) is 2. The molecule has 0 saturated carbocycles. The Balaban J connectivity index is 1.79. The van der Waals surface area contributed by atoms with Crippen LogP contribution in [-0.2, 0) is 12.8 Å². The number of nitrogens with two attached hydrogens (primary N) is 1. The van der Waals surface area contributed by atoms with Crippen molar-refractivity contribution >= 4 is 11.0 Å². The molecule has 2 nitrogen and oxygen atoms in total. The Morgan fingerprint density at radius 3 is 2.40 bits per heavy atom. The van der Waals surface area contributed by atoms with Gasteiger partial charge in [-0.15, -0.1) is 0 Å². The number of benzene rings is 2. The quantitative estimate of drug-likeness (QED) is 0.766. The first-order chi connectivity index (χ1) is 9.76. The van der Waals surface area contributed by atoms with Gasteiger partial charge in [-0.05, 0) is 36.1 Å². The van der Waals surface area contributed by atoms with Gasteiger partial charge in [0.1, 0.15) is 11.3 Å². The lowest BCUT2D eigenvalue weighted by Crippen LogP contribution is -2.12. The van der Waals surface area contributed by atoms with Gasteiger partial charge in [0.25, 0.3) is 0 Å². The van der Waals surface area contributed by atoms with Crippen LogP contribution in [0, 0.1) is 0 Å². The smallest absolute Gasteiger partial charge is 0.134 e. The number of para-hydroxylation sites is 1. The van der Waals surface area contributed by atoms with E-state index in [1.807, 2.05) is 30.3 Å². The lowest BCUT2D eigenvalue weighted by atomic mass is 10.0. The molecule has 102 valence electrons. The Hall–Kier alpha value is -2.06. The topological polar surface area (TPSA) is 39.2 Å². The van der Waals surface area contributed by atoms with E-state index in [0.29, 0.717) is 0 Å². The summed E-state index contributed by atoms with van der Waals surface area (Å²) in [6.45, 7) is 2.16. The van der Waals surface area contributed by atoms with E-state index >= 15 is 0 Å². The van der Waals surface area contributed by atoms with E-state index in [1.165, 1.54) is 11.1 Å². The summed E-state index contributed by atoms with van der Waals surface area (Å²) >= 11 is 0. The maximum atomic E-state index is 6.27. The van der Waals surface area contributed by atoms with E-state index in [1.54, 1.807) is 0 Å². The molecular formula is C18H19NO. The van der Waals surface area contributed by atoms with E-state index in [9.17, 15) is 0 Å². The van der Waals surface area contributed by atoms with E-state index in [0.717, 1.165) is 29.6 Å². The van der Waals surface area contributed by atoms with Crippen LogP contribution in [0.5, 0.6) is 0 Å². The summed E-state index contributed by atoms with van der Waals surface area (Å²) in [7, 11) is 0. The number of fused-ring (bicyclic) bond motifs is 1. The first kappa shape index (κ1) is 12.9. The van der Waals surface area contributed by atoms with Crippen LogP contribution >= 0.6 is 0 Å². The minimum atomic E-state index is -0.102. The highest BCUT2D eigenvalue weighted by molar-refractivity contribution is 5.77. The lowest BCUT2D eigenvalue weighted by molar-refractivity contribution is 0.494. The van der Waals surface area contributed by atoms with E-state index in [-0.39, 0.29) is 6.04 Å². The van der Waals surface area contributed by atoms with Gasteiger partial charge in [-0.25, -0.2) is 0 Å². The molecule has 1 unspecified atom stereocenters. The van der Waals surface area contributed by atoms with Gasteiger partial charge in [0, 0.05) is 5.39 Å². The molecule has 0 fully saturated rings. The zero-order chi connectivity index (χ0) is 13.9. The minimum Gasteiger partial charge on any atom is -0.459 e. The molecule has 0 aliphatic rings. The fourth-order valence-corrected chi connectivity index (χ4v) is 2.45. The van der Waals surface area contributed by atoms with Crippen molar-refractivity contribution in [3.63, 3.8) is 0 Å². The van der Waals surface area contributed by atoms with Crippen LogP contribution in [0.1, 0.15) is 29.9 Å².